The molecule has 2 nitrogen and oxygen atoms in total. The molecule has 0 saturated heterocycles. The van der Waals surface area contributed by atoms with Crippen LogP contribution in [0.4, 0.5) is 45.2 Å². The van der Waals surface area contributed by atoms with E-state index in [0.29, 0.717) is 0 Å². The Bertz CT molecular complexity index is 614. The van der Waals surface area contributed by atoms with Crippen LogP contribution in [0, 0.1) is 3.57 Å². The Balaban J connectivity index is 3.75. The first-order chi connectivity index (χ1) is 10.1. The number of halogens is 10. The number of alkyl halides is 9. The van der Waals surface area contributed by atoms with Crippen molar-refractivity contribution in [3.05, 3.63) is 21.3 Å². The van der Waals surface area contributed by atoms with Crippen LogP contribution in [0.1, 0.15) is 5.56 Å². The van der Waals surface area contributed by atoms with Crippen LogP contribution in [0.5, 0.6) is 0 Å². The van der Waals surface area contributed by atoms with Crippen LogP contribution in [0.15, 0.2) is 17.0 Å². The lowest BCUT2D eigenvalue weighted by Crippen LogP contribution is -2.50. The molecule has 1 aromatic carbocycles. The molecule has 0 heterocycles. The lowest BCUT2D eigenvalue weighted by Gasteiger charge is -2.31. The monoisotopic (exact) mass is 485 g/mol. The molecule has 0 aromatic heterocycles. The molecule has 23 heavy (non-hydrogen) atoms. The summed E-state index contributed by atoms with van der Waals surface area (Å²) < 4.78 is 125. The van der Waals surface area contributed by atoms with Crippen molar-refractivity contribution < 1.29 is 43.7 Å². The minimum atomic E-state index is -6.42. The van der Waals surface area contributed by atoms with Crippen LogP contribution in [-0.2, 0) is 16.5 Å². The highest BCUT2D eigenvalue weighted by Gasteiger charge is 2.73. The third kappa shape index (κ3) is 3.53. The molecule has 0 bridgehead atoms. The van der Waals surface area contributed by atoms with E-state index in [1.165, 1.54) is 0 Å². The minimum Gasteiger partial charge on any atom is -0.397 e. The summed E-state index contributed by atoms with van der Waals surface area (Å²) in [6, 6.07) is -0.0935. The van der Waals surface area contributed by atoms with E-state index < -0.39 is 54.3 Å². The molecule has 0 radical (unpaired) electrons. The fourth-order valence-corrected chi connectivity index (χ4v) is 3.11. The molecule has 0 saturated carbocycles. The van der Waals surface area contributed by atoms with E-state index in [1.54, 1.807) is 0 Å². The summed E-state index contributed by atoms with van der Waals surface area (Å²) in [5.41, 5.74) is -3.34. The summed E-state index contributed by atoms with van der Waals surface area (Å²) in [5, 5.41) is 0. The van der Waals surface area contributed by atoms with Crippen molar-refractivity contribution in [3.63, 3.8) is 0 Å². The largest absolute Gasteiger partial charge is 0.435 e. The van der Waals surface area contributed by atoms with Gasteiger partial charge in [0.2, 0.25) is 0 Å². The Morgan fingerprint density at radius 2 is 1.43 bits per heavy atom. The predicted molar refractivity (Wildman–Crippen MR) is 70.9 cm³/mol. The maximum absolute atomic E-state index is 13.9. The van der Waals surface area contributed by atoms with Crippen molar-refractivity contribution in [3.8, 4) is 0 Å². The average Bonchev–Trinajstić information content (AvgIpc) is 2.37. The van der Waals surface area contributed by atoms with Crippen molar-refractivity contribution in [2.24, 2.45) is 0 Å². The molecule has 0 spiro atoms. The van der Waals surface area contributed by atoms with Gasteiger partial charge in [0, 0.05) is 9.13 Å². The molecular formula is C10H5F9INOS. The molecule has 1 rings (SSSR count). The number of hydrogen-bond donors (Lipinski definition) is 1. The van der Waals surface area contributed by atoms with Gasteiger partial charge in [0.05, 0.1) is 10.6 Å². The Morgan fingerprint density at radius 1 is 1.00 bits per heavy atom. The third-order valence-electron chi connectivity index (χ3n) is 2.65. The van der Waals surface area contributed by atoms with Gasteiger partial charge in [0.15, 0.2) is 0 Å². The minimum absolute atomic E-state index is 0.114. The Hall–Kier alpha value is -0.730. The van der Waals surface area contributed by atoms with Crippen LogP contribution in [-0.4, -0.2) is 22.3 Å². The zero-order valence-corrected chi connectivity index (χ0v) is 13.4. The molecule has 1 unspecified atom stereocenters. The van der Waals surface area contributed by atoms with E-state index in [2.05, 4.69) is 0 Å². The van der Waals surface area contributed by atoms with Crippen LogP contribution >= 0.6 is 22.6 Å². The van der Waals surface area contributed by atoms with Gasteiger partial charge in [-0.2, -0.15) is 35.1 Å². The van der Waals surface area contributed by atoms with E-state index >= 15 is 0 Å². The Morgan fingerprint density at radius 3 is 1.78 bits per heavy atom. The Labute approximate surface area is 138 Å². The first-order valence-corrected chi connectivity index (χ1v) is 7.54. The van der Waals surface area contributed by atoms with Crippen LogP contribution in [0.25, 0.3) is 0 Å². The normalized spacial score (nSPS) is 15.1. The van der Waals surface area contributed by atoms with E-state index in [9.17, 15) is 43.7 Å². The van der Waals surface area contributed by atoms with E-state index in [0.717, 1.165) is 22.6 Å². The van der Waals surface area contributed by atoms with Gasteiger partial charge in [-0.05, 0) is 34.7 Å². The zero-order valence-electron chi connectivity index (χ0n) is 10.4. The van der Waals surface area contributed by atoms with Crippen LogP contribution in [0.2, 0.25) is 0 Å². The van der Waals surface area contributed by atoms with Crippen molar-refractivity contribution in [1.29, 1.82) is 0 Å². The van der Waals surface area contributed by atoms with Gasteiger partial charge in [-0.3, -0.25) is 0 Å². The fraction of sp³-hybridized carbons (Fsp3) is 0.400. The molecule has 1 atom stereocenters. The quantitative estimate of drug-likeness (QED) is 0.390. The van der Waals surface area contributed by atoms with Crippen LogP contribution < -0.4 is 5.73 Å². The molecule has 0 amide bonds. The maximum Gasteiger partial charge on any atom is 0.435 e. The number of anilines is 1. The summed E-state index contributed by atoms with van der Waals surface area (Å²) >= 11 is 1.12. The second-order valence-corrected chi connectivity index (χ2v) is 6.64. The first kappa shape index (κ1) is 20.3. The van der Waals surface area contributed by atoms with Crippen LogP contribution in [0.3, 0.4) is 0 Å². The van der Waals surface area contributed by atoms with Crippen molar-refractivity contribution in [1.82, 2.24) is 0 Å². The average molecular weight is 485 g/mol. The third-order valence-corrected chi connectivity index (χ3v) is 4.64. The van der Waals surface area contributed by atoms with Gasteiger partial charge in [-0.15, -0.1) is 0 Å². The smallest absolute Gasteiger partial charge is 0.397 e. The van der Waals surface area contributed by atoms with E-state index in [4.69, 9.17) is 5.73 Å². The number of rotatable bonds is 3. The summed E-state index contributed by atoms with van der Waals surface area (Å²) in [6.07, 6.45) is -12.8. The molecule has 0 fully saturated rings. The molecule has 0 aliphatic rings. The van der Waals surface area contributed by atoms with Gasteiger partial charge >= 0.3 is 23.8 Å². The van der Waals surface area contributed by atoms with Crippen molar-refractivity contribution >= 4 is 39.1 Å². The van der Waals surface area contributed by atoms with Gasteiger partial charge in [-0.1, -0.05) is 0 Å². The zero-order chi connectivity index (χ0) is 18.4. The highest BCUT2D eigenvalue weighted by molar-refractivity contribution is 14.1. The maximum atomic E-state index is 13.9. The van der Waals surface area contributed by atoms with E-state index in [1.807, 2.05) is 0 Å². The highest BCUT2D eigenvalue weighted by Crippen LogP contribution is 2.54. The van der Waals surface area contributed by atoms with Gasteiger partial charge in [0.1, 0.15) is 10.8 Å². The Kier molecular flexibility index (Phi) is 5.56. The van der Waals surface area contributed by atoms with Crippen molar-refractivity contribution in [2.45, 2.75) is 28.7 Å². The number of nitrogens with two attached hydrogens (primary N) is 1. The van der Waals surface area contributed by atoms with Crippen molar-refractivity contribution in [2.75, 3.05) is 5.73 Å². The molecule has 13 heteroatoms. The highest BCUT2D eigenvalue weighted by atomic mass is 127. The predicted octanol–water partition coefficient (Wildman–Crippen LogP) is 4.49. The van der Waals surface area contributed by atoms with E-state index in [-0.39, 0.29) is 12.1 Å². The van der Waals surface area contributed by atoms with Gasteiger partial charge in [0.25, 0.3) is 0 Å². The lowest BCUT2D eigenvalue weighted by atomic mass is 9.94. The summed E-state index contributed by atoms with van der Waals surface area (Å²) in [6.45, 7) is 0. The topological polar surface area (TPSA) is 43.1 Å². The van der Waals surface area contributed by atoms with Gasteiger partial charge in [-0.25, -0.2) is 8.60 Å². The number of hydrogen-bond acceptors (Lipinski definition) is 2. The first-order valence-electron chi connectivity index (χ1n) is 5.25. The molecular weight excluding hydrogens is 480 g/mol. The molecule has 1 aromatic rings. The molecule has 0 aliphatic carbocycles. The molecule has 132 valence electrons. The summed E-state index contributed by atoms with van der Waals surface area (Å²) in [7, 11) is -3.32. The summed E-state index contributed by atoms with van der Waals surface area (Å²) in [5.74, 6) is -3.63. The fourth-order valence-electron chi connectivity index (χ4n) is 1.54. The summed E-state index contributed by atoms with van der Waals surface area (Å²) in [4.78, 5) is -1.21. The molecule has 2 N–H and O–H groups in total. The standard InChI is InChI=1S/C10H5F9INOS/c11-7(12)23(22)5-2-3(1-4(20)6(5)21)8(13,9(14,15)16)10(17,18)19/h1-2,7H,21H2. The van der Waals surface area contributed by atoms with Gasteiger partial charge < -0.3 is 5.73 Å². The second kappa shape index (κ2) is 6.29. The number of nitrogen functional groups attached to an aromatic ring is 1. The SMILES string of the molecule is Nc1c(I)cc(C(F)(C(F)(F)F)C(F)(F)F)cc1S(=O)C(F)F. The lowest BCUT2D eigenvalue weighted by molar-refractivity contribution is -0.348. The number of benzene rings is 1. The second-order valence-electron chi connectivity index (χ2n) is 4.08. The molecule has 0 aliphatic heterocycles.